The molecule has 0 spiro atoms. The van der Waals surface area contributed by atoms with Crippen LogP contribution in [0.4, 0.5) is 5.95 Å². The molecule has 0 aromatic carbocycles. The molecule has 1 N–H and O–H groups in total. The number of nitrogens with one attached hydrogen (secondary N) is 1. The van der Waals surface area contributed by atoms with Gasteiger partial charge in [0.2, 0.25) is 16.0 Å². The van der Waals surface area contributed by atoms with Crippen LogP contribution in [0.2, 0.25) is 5.02 Å². The van der Waals surface area contributed by atoms with E-state index in [0.717, 1.165) is 25.7 Å². The van der Waals surface area contributed by atoms with Crippen molar-refractivity contribution in [2.24, 2.45) is 0 Å². The molecule has 2 aromatic rings. The van der Waals surface area contributed by atoms with Crippen LogP contribution in [0.25, 0.3) is 0 Å². The number of methoxy groups -OCH3 is 2. The van der Waals surface area contributed by atoms with Crippen LogP contribution in [-0.2, 0) is 29.8 Å². The van der Waals surface area contributed by atoms with Crippen LogP contribution in [0.3, 0.4) is 0 Å². The van der Waals surface area contributed by atoms with Crippen molar-refractivity contribution in [1.29, 1.82) is 0 Å². The molecule has 2 fully saturated rings. The first-order valence-electron chi connectivity index (χ1n) is 11.2. The van der Waals surface area contributed by atoms with Crippen molar-refractivity contribution in [2.75, 3.05) is 25.5 Å². The zero-order valence-electron chi connectivity index (χ0n) is 20.0. The number of anilines is 1. The maximum atomic E-state index is 13.4. The number of nitrogens with zero attached hydrogens (tertiary/aromatic N) is 5. The SMILES string of the molecule is COCC1(n2c(NS(=O)(=O)C(C)C(OC)c3ncc(Cl)cn3)nnc2[C@H]2CCC(C)(C)O2)CC1. The number of sulfonamides is 1. The van der Waals surface area contributed by atoms with Crippen molar-refractivity contribution in [1.82, 2.24) is 24.7 Å². The van der Waals surface area contributed by atoms with Crippen molar-refractivity contribution >= 4 is 27.6 Å². The minimum Gasteiger partial charge on any atom is -0.382 e. The van der Waals surface area contributed by atoms with Crippen LogP contribution < -0.4 is 4.72 Å². The summed E-state index contributed by atoms with van der Waals surface area (Å²) in [6.07, 6.45) is 4.90. The molecule has 11 nitrogen and oxygen atoms in total. The molecule has 0 radical (unpaired) electrons. The van der Waals surface area contributed by atoms with Gasteiger partial charge in [0.25, 0.3) is 0 Å². The molecule has 1 aliphatic heterocycles. The van der Waals surface area contributed by atoms with Gasteiger partial charge in [0.1, 0.15) is 17.5 Å². The third-order valence-corrected chi connectivity index (χ3v) is 8.35. The van der Waals surface area contributed by atoms with Gasteiger partial charge in [0.15, 0.2) is 11.6 Å². The minimum absolute atomic E-state index is 0.136. The Balaban J connectivity index is 1.65. The van der Waals surface area contributed by atoms with E-state index in [1.54, 1.807) is 7.11 Å². The molecule has 1 saturated heterocycles. The minimum atomic E-state index is -3.98. The van der Waals surface area contributed by atoms with Gasteiger partial charge in [-0.25, -0.2) is 18.4 Å². The smallest absolute Gasteiger partial charge is 0.240 e. The maximum absolute atomic E-state index is 13.4. The first kappa shape index (κ1) is 25.2. The molecule has 3 atom stereocenters. The van der Waals surface area contributed by atoms with Crippen LogP contribution >= 0.6 is 11.6 Å². The van der Waals surface area contributed by atoms with Crippen molar-refractivity contribution in [2.45, 2.75) is 75.1 Å². The zero-order valence-corrected chi connectivity index (χ0v) is 21.6. The third-order valence-electron chi connectivity index (χ3n) is 6.46. The average Bonchev–Trinajstić information content (AvgIpc) is 3.28. The summed E-state index contributed by atoms with van der Waals surface area (Å²) >= 11 is 5.87. The summed E-state index contributed by atoms with van der Waals surface area (Å²) in [4.78, 5) is 8.25. The lowest BCUT2D eigenvalue weighted by Crippen LogP contribution is -2.35. The van der Waals surface area contributed by atoms with Gasteiger partial charge in [-0.05, 0) is 46.5 Å². The molecule has 2 aliphatic rings. The van der Waals surface area contributed by atoms with E-state index in [2.05, 4.69) is 24.9 Å². The van der Waals surface area contributed by atoms with Gasteiger partial charge in [-0.2, -0.15) is 0 Å². The van der Waals surface area contributed by atoms with Gasteiger partial charge in [-0.15, -0.1) is 10.2 Å². The van der Waals surface area contributed by atoms with Crippen LogP contribution in [0.1, 0.15) is 70.3 Å². The number of aromatic nitrogens is 5. The average molecular weight is 515 g/mol. The fourth-order valence-corrected chi connectivity index (χ4v) is 5.63. The molecular formula is C21H31ClN6O5S. The maximum Gasteiger partial charge on any atom is 0.240 e. The van der Waals surface area contributed by atoms with Gasteiger partial charge in [0, 0.05) is 26.6 Å². The Morgan fingerprint density at radius 3 is 2.44 bits per heavy atom. The summed E-state index contributed by atoms with van der Waals surface area (Å²) in [6.45, 7) is 6.01. The molecule has 2 aromatic heterocycles. The van der Waals surface area contributed by atoms with Gasteiger partial charge in [-0.1, -0.05) is 11.6 Å². The van der Waals surface area contributed by atoms with Crippen LogP contribution in [0.5, 0.6) is 0 Å². The van der Waals surface area contributed by atoms with Crippen molar-refractivity contribution in [3.05, 3.63) is 29.1 Å². The van der Waals surface area contributed by atoms with Gasteiger partial charge in [0.05, 0.1) is 22.8 Å². The molecule has 3 heterocycles. The Hall–Kier alpha value is -1.86. The van der Waals surface area contributed by atoms with Gasteiger partial charge in [-0.3, -0.25) is 9.29 Å². The summed E-state index contributed by atoms with van der Waals surface area (Å²) in [6, 6.07) is 0. The predicted molar refractivity (Wildman–Crippen MR) is 125 cm³/mol. The van der Waals surface area contributed by atoms with Crippen LogP contribution in [0.15, 0.2) is 12.4 Å². The molecule has 188 valence electrons. The molecule has 13 heteroatoms. The van der Waals surface area contributed by atoms with E-state index >= 15 is 0 Å². The highest BCUT2D eigenvalue weighted by molar-refractivity contribution is 7.93. The fourth-order valence-electron chi connectivity index (χ4n) is 4.41. The summed E-state index contributed by atoms with van der Waals surface area (Å²) in [7, 11) is -0.944. The van der Waals surface area contributed by atoms with Crippen molar-refractivity contribution in [3.63, 3.8) is 0 Å². The Morgan fingerprint density at radius 2 is 1.91 bits per heavy atom. The molecule has 0 bridgehead atoms. The molecule has 1 saturated carbocycles. The van der Waals surface area contributed by atoms with Gasteiger partial charge < -0.3 is 14.2 Å². The largest absolute Gasteiger partial charge is 0.382 e. The highest BCUT2D eigenvalue weighted by atomic mass is 35.5. The Bertz CT molecular complexity index is 1120. The Labute approximate surface area is 204 Å². The Morgan fingerprint density at radius 1 is 1.24 bits per heavy atom. The van der Waals surface area contributed by atoms with Crippen molar-refractivity contribution in [3.8, 4) is 0 Å². The molecule has 0 amide bonds. The normalized spacial score (nSPS) is 22.9. The second-order valence-electron chi connectivity index (χ2n) is 9.55. The van der Waals surface area contributed by atoms with Gasteiger partial charge >= 0.3 is 0 Å². The predicted octanol–water partition coefficient (Wildman–Crippen LogP) is 3.01. The number of halogens is 1. The summed E-state index contributed by atoms with van der Waals surface area (Å²) in [5.74, 6) is 0.956. The van der Waals surface area contributed by atoms with E-state index in [9.17, 15) is 8.42 Å². The van der Waals surface area contributed by atoms with E-state index in [1.165, 1.54) is 26.4 Å². The highest BCUT2D eigenvalue weighted by Gasteiger charge is 2.50. The van der Waals surface area contributed by atoms with E-state index in [1.807, 2.05) is 18.4 Å². The summed E-state index contributed by atoms with van der Waals surface area (Å²) < 4.78 is 48.4. The summed E-state index contributed by atoms with van der Waals surface area (Å²) in [5.41, 5.74) is -0.692. The third kappa shape index (κ3) is 4.92. The molecular weight excluding hydrogens is 484 g/mol. The van der Waals surface area contributed by atoms with E-state index in [-0.39, 0.29) is 23.5 Å². The lowest BCUT2D eigenvalue weighted by atomic mass is 10.1. The molecule has 34 heavy (non-hydrogen) atoms. The highest BCUT2D eigenvalue weighted by Crippen LogP contribution is 2.49. The standard InChI is InChI=1S/C21H31ClN6O5S/c1-13(16(32-5)17-23-10-14(22)11-24-17)34(29,30)27-19-26-25-18(15-6-7-20(2,3)33-15)28(19)21(8-9-21)12-31-4/h10-11,13,15-16H,6-9,12H2,1-5H3,(H,26,27)/t13?,15-,16?/m1/s1. The van der Waals surface area contributed by atoms with E-state index in [4.69, 9.17) is 25.8 Å². The number of hydrogen-bond donors (Lipinski definition) is 1. The van der Waals surface area contributed by atoms with E-state index < -0.39 is 26.9 Å². The summed E-state index contributed by atoms with van der Waals surface area (Å²) in [5, 5.41) is 7.90. The molecule has 1 aliphatic carbocycles. The lowest BCUT2D eigenvalue weighted by molar-refractivity contribution is -0.0229. The number of rotatable bonds is 10. The zero-order chi connectivity index (χ0) is 24.7. The van der Waals surface area contributed by atoms with Crippen LogP contribution in [0, 0.1) is 0 Å². The number of ether oxygens (including phenoxy) is 3. The quantitative estimate of drug-likeness (QED) is 0.508. The second kappa shape index (κ2) is 9.30. The Kier molecular flexibility index (Phi) is 6.91. The lowest BCUT2D eigenvalue weighted by Gasteiger charge is -2.26. The number of hydrogen-bond acceptors (Lipinski definition) is 9. The van der Waals surface area contributed by atoms with Crippen molar-refractivity contribution < 1.29 is 22.6 Å². The fraction of sp³-hybridized carbons (Fsp3) is 0.714. The first-order chi connectivity index (χ1) is 16.0. The second-order valence-corrected chi connectivity index (χ2v) is 12.0. The van der Waals surface area contributed by atoms with Crippen LogP contribution in [-0.4, -0.2) is 64.8 Å². The topological polar surface area (TPSA) is 130 Å². The van der Waals surface area contributed by atoms with E-state index in [0.29, 0.717) is 17.5 Å². The molecule has 4 rings (SSSR count). The first-order valence-corrected chi connectivity index (χ1v) is 13.1. The monoisotopic (exact) mass is 514 g/mol. The molecule has 2 unspecified atom stereocenters.